The average molecular weight is 388 g/mol. The summed E-state index contributed by atoms with van der Waals surface area (Å²) in [6.07, 6.45) is 7.60. The van der Waals surface area contributed by atoms with E-state index in [0.717, 1.165) is 15.4 Å². The van der Waals surface area contributed by atoms with Gasteiger partial charge in [-0.2, -0.15) is 0 Å². The van der Waals surface area contributed by atoms with E-state index in [9.17, 15) is 4.79 Å². The van der Waals surface area contributed by atoms with Gasteiger partial charge in [0.15, 0.2) is 0 Å². The molecule has 3 aliphatic rings. The number of carbonyl (C=O) groups is 1. The van der Waals surface area contributed by atoms with Crippen LogP contribution in [0.4, 0.5) is 0 Å². The van der Waals surface area contributed by atoms with Crippen LogP contribution in [0, 0.1) is 5.41 Å². The highest BCUT2D eigenvalue weighted by Crippen LogP contribution is 2.57. The number of aromatic nitrogens is 1. The summed E-state index contributed by atoms with van der Waals surface area (Å²) in [4.78, 5) is 17.0. The topological polar surface area (TPSA) is 39.2 Å². The van der Waals surface area contributed by atoms with Gasteiger partial charge >= 0.3 is 5.97 Å². The number of hydrogen-bond donors (Lipinski definition) is 0. The Kier molecular flexibility index (Phi) is 3.72. The minimum absolute atomic E-state index is 0.229. The monoisotopic (exact) mass is 387 g/mol. The third kappa shape index (κ3) is 2.38. The van der Waals surface area contributed by atoms with Crippen LogP contribution in [0.25, 0.3) is 10.9 Å². The van der Waals surface area contributed by atoms with E-state index in [-0.39, 0.29) is 11.4 Å². The fourth-order valence-corrected chi connectivity index (χ4v) is 4.96. The van der Waals surface area contributed by atoms with Gasteiger partial charge in [0.2, 0.25) is 0 Å². The van der Waals surface area contributed by atoms with Gasteiger partial charge in [-0.05, 0) is 78.1 Å². The molecule has 1 heterocycles. The molecule has 0 unspecified atom stereocenters. The molecule has 2 bridgehead atoms. The number of hydrogen-bond acceptors (Lipinski definition) is 3. The highest BCUT2D eigenvalue weighted by Gasteiger charge is 2.47. The Bertz CT molecular complexity index is 805. The van der Waals surface area contributed by atoms with Gasteiger partial charge in [0.1, 0.15) is 0 Å². The molecule has 0 atom stereocenters. The van der Waals surface area contributed by atoms with E-state index in [1.54, 1.807) is 6.07 Å². The van der Waals surface area contributed by atoms with E-state index in [2.05, 4.69) is 28.9 Å². The predicted molar refractivity (Wildman–Crippen MR) is 98.3 cm³/mol. The zero-order valence-corrected chi connectivity index (χ0v) is 15.8. The number of ether oxygens (including phenoxy) is 1. The molecular weight excluding hydrogens is 366 g/mol. The second-order valence-electron chi connectivity index (χ2n) is 7.77. The van der Waals surface area contributed by atoms with Gasteiger partial charge in [-0.15, -0.1) is 0 Å². The first-order chi connectivity index (χ1) is 11.5. The molecule has 1 aromatic carbocycles. The molecule has 2 aromatic rings. The van der Waals surface area contributed by atoms with E-state index < -0.39 is 0 Å². The van der Waals surface area contributed by atoms with Gasteiger partial charge in [-0.25, -0.2) is 4.79 Å². The van der Waals surface area contributed by atoms with Crippen molar-refractivity contribution < 1.29 is 9.53 Å². The molecule has 3 saturated carbocycles. The summed E-state index contributed by atoms with van der Waals surface area (Å²) < 4.78 is 5.84. The number of fused-ring (bicyclic) bond motifs is 4. The average Bonchev–Trinajstić information content (AvgIpc) is 2.62. The third-order valence-corrected chi connectivity index (χ3v) is 7.02. The lowest BCUT2D eigenvalue weighted by Gasteiger charge is -2.52. The molecule has 5 rings (SSSR count). The molecule has 0 amide bonds. The van der Waals surface area contributed by atoms with Crippen LogP contribution in [-0.4, -0.2) is 18.1 Å². The molecule has 24 heavy (non-hydrogen) atoms. The Labute approximate surface area is 150 Å². The lowest BCUT2D eigenvalue weighted by molar-refractivity contribution is 0.0534. The van der Waals surface area contributed by atoms with E-state index in [1.807, 2.05) is 12.1 Å². The van der Waals surface area contributed by atoms with Crippen molar-refractivity contribution in [3.63, 3.8) is 0 Å². The van der Waals surface area contributed by atoms with Crippen molar-refractivity contribution in [2.45, 2.75) is 50.9 Å². The normalized spacial score (nSPS) is 29.0. The third-order valence-electron chi connectivity index (χ3n) is 6.38. The van der Waals surface area contributed by atoms with Crippen LogP contribution in [0.2, 0.25) is 0 Å². The molecule has 3 nitrogen and oxygen atoms in total. The number of pyridine rings is 1. The fraction of sp³-hybridized carbons (Fsp3) is 0.500. The van der Waals surface area contributed by atoms with Gasteiger partial charge in [-0.3, -0.25) is 4.98 Å². The molecule has 0 saturated heterocycles. The van der Waals surface area contributed by atoms with Crippen molar-refractivity contribution in [3.8, 4) is 0 Å². The number of methoxy groups -OCH3 is 1. The molecule has 1 aromatic heterocycles. The van der Waals surface area contributed by atoms with Crippen molar-refractivity contribution >= 4 is 32.8 Å². The molecule has 0 radical (unpaired) electrons. The molecule has 0 N–H and O–H groups in total. The predicted octanol–water partition coefficient (Wildman–Crippen LogP) is 5.40. The minimum Gasteiger partial charge on any atom is -0.465 e. The molecule has 0 spiro atoms. The first-order valence-corrected chi connectivity index (χ1v) is 9.44. The molecule has 3 fully saturated rings. The van der Waals surface area contributed by atoms with Crippen LogP contribution in [0.15, 0.2) is 28.7 Å². The second-order valence-corrected chi connectivity index (χ2v) is 8.62. The summed E-state index contributed by atoms with van der Waals surface area (Å²) in [5, 5.41) is 0.854. The van der Waals surface area contributed by atoms with Gasteiger partial charge in [0.05, 0.1) is 18.2 Å². The molecule has 0 aliphatic heterocycles. The number of rotatable bonds is 2. The van der Waals surface area contributed by atoms with Crippen LogP contribution in [0.3, 0.4) is 0 Å². The maximum Gasteiger partial charge on any atom is 0.338 e. The van der Waals surface area contributed by atoms with Gasteiger partial charge < -0.3 is 4.74 Å². The Hall–Kier alpha value is -1.42. The van der Waals surface area contributed by atoms with Crippen molar-refractivity contribution in [2.75, 3.05) is 7.11 Å². The number of benzene rings is 1. The molecule has 4 heteroatoms. The molecular formula is C20H22BrNO2. The zero-order valence-electron chi connectivity index (χ0n) is 14.2. The highest BCUT2D eigenvalue weighted by atomic mass is 79.9. The maximum absolute atomic E-state index is 12.0. The van der Waals surface area contributed by atoms with Crippen LogP contribution < -0.4 is 0 Å². The summed E-state index contributed by atoms with van der Waals surface area (Å²) in [6, 6.07) is 7.87. The van der Waals surface area contributed by atoms with Crippen molar-refractivity contribution in [1.29, 1.82) is 0 Å². The first-order valence-electron chi connectivity index (χ1n) is 8.65. The molecule has 3 aliphatic carbocycles. The Morgan fingerprint density at radius 3 is 2.38 bits per heavy atom. The quantitative estimate of drug-likeness (QED) is 0.647. The first kappa shape index (κ1) is 16.1. The van der Waals surface area contributed by atoms with Gasteiger partial charge in [0, 0.05) is 21.0 Å². The summed E-state index contributed by atoms with van der Waals surface area (Å²) in [7, 11) is 1.41. The number of carbonyl (C=O) groups excluding carboxylic acids is 1. The SMILES string of the molecule is COC(=O)c1ccc(Br)c2nc(C34CCC(C)(CC3)CC4)ccc12. The Morgan fingerprint density at radius 1 is 1.08 bits per heavy atom. The number of halogens is 1. The van der Waals surface area contributed by atoms with E-state index in [0.29, 0.717) is 11.0 Å². The van der Waals surface area contributed by atoms with Crippen LogP contribution in [-0.2, 0) is 10.2 Å². The van der Waals surface area contributed by atoms with E-state index in [4.69, 9.17) is 9.72 Å². The van der Waals surface area contributed by atoms with Crippen molar-refractivity contribution in [3.05, 3.63) is 40.0 Å². The zero-order chi connectivity index (χ0) is 16.9. The van der Waals surface area contributed by atoms with Crippen LogP contribution in [0.5, 0.6) is 0 Å². The number of esters is 1. The fourth-order valence-electron chi connectivity index (χ4n) is 4.52. The standard InChI is InChI=1S/C20H22BrNO2/c1-19-7-10-20(11-8-19,12-9-19)16-6-4-13-14(18(23)24-2)3-5-15(21)17(13)22-16/h3-6H,7-12H2,1-2H3. The van der Waals surface area contributed by atoms with Gasteiger partial charge in [-0.1, -0.05) is 13.0 Å². The Morgan fingerprint density at radius 2 is 1.75 bits per heavy atom. The second kappa shape index (κ2) is 5.55. The lowest BCUT2D eigenvalue weighted by atomic mass is 9.53. The highest BCUT2D eigenvalue weighted by molar-refractivity contribution is 9.10. The van der Waals surface area contributed by atoms with E-state index in [1.165, 1.54) is 51.3 Å². The van der Waals surface area contributed by atoms with Crippen molar-refractivity contribution in [1.82, 2.24) is 4.98 Å². The minimum atomic E-state index is -0.314. The summed E-state index contributed by atoms with van der Waals surface area (Å²) in [5.41, 5.74) is 3.42. The summed E-state index contributed by atoms with van der Waals surface area (Å²) in [6.45, 7) is 2.43. The summed E-state index contributed by atoms with van der Waals surface area (Å²) in [5.74, 6) is -0.314. The van der Waals surface area contributed by atoms with Gasteiger partial charge in [0.25, 0.3) is 0 Å². The summed E-state index contributed by atoms with van der Waals surface area (Å²) >= 11 is 3.60. The largest absolute Gasteiger partial charge is 0.465 e. The lowest BCUT2D eigenvalue weighted by Crippen LogP contribution is -2.43. The number of nitrogens with zero attached hydrogens (tertiary/aromatic N) is 1. The van der Waals surface area contributed by atoms with E-state index >= 15 is 0 Å². The smallest absolute Gasteiger partial charge is 0.338 e. The van der Waals surface area contributed by atoms with Crippen LogP contribution >= 0.6 is 15.9 Å². The maximum atomic E-state index is 12.0. The Balaban J connectivity index is 1.82. The van der Waals surface area contributed by atoms with Crippen LogP contribution in [0.1, 0.15) is 61.5 Å². The van der Waals surface area contributed by atoms with Crippen molar-refractivity contribution in [2.24, 2.45) is 5.41 Å². The molecule has 126 valence electrons.